The maximum atomic E-state index is 10.8. The molecule has 5 nitrogen and oxygen atoms in total. The van der Waals surface area contributed by atoms with E-state index in [1.54, 1.807) is 0 Å². The van der Waals surface area contributed by atoms with Crippen molar-refractivity contribution in [3.63, 3.8) is 0 Å². The van der Waals surface area contributed by atoms with Gasteiger partial charge in [-0.1, -0.05) is 45.5 Å². The molecule has 0 atom stereocenters. The number of hydrogen-bond donors (Lipinski definition) is 5. The molecule has 0 unspecified atom stereocenters. The highest BCUT2D eigenvalue weighted by molar-refractivity contribution is 5.71. The molecule has 0 spiro atoms. The molecule has 0 amide bonds. The van der Waals surface area contributed by atoms with E-state index in [-0.39, 0.29) is 5.41 Å². The lowest BCUT2D eigenvalue weighted by molar-refractivity contribution is 0.444. The van der Waals surface area contributed by atoms with E-state index in [1.807, 2.05) is 43.3 Å². The number of allylic oxidation sites excluding steroid dienone is 1. The van der Waals surface area contributed by atoms with Crippen LogP contribution in [0, 0.1) is 0 Å². The number of anilines is 7. The van der Waals surface area contributed by atoms with Crippen LogP contribution in [0.5, 0.6) is 5.75 Å². The molecular weight excluding hydrogens is 528 g/mol. The Hall–Kier alpha value is -5.16. The van der Waals surface area contributed by atoms with Crippen molar-refractivity contribution in [2.24, 2.45) is 0 Å². The van der Waals surface area contributed by atoms with Crippen LogP contribution < -0.4 is 21.3 Å². The summed E-state index contributed by atoms with van der Waals surface area (Å²) in [6.45, 7) is 13.0. The summed E-state index contributed by atoms with van der Waals surface area (Å²) in [6.07, 6.45) is 0. The molecule has 5 aromatic carbocycles. The fourth-order valence-corrected chi connectivity index (χ4v) is 4.86. The number of phenolic OH excluding ortho intramolecular Hbond substituents is 1. The number of para-hydroxylation sites is 1. The fraction of sp³-hybridized carbons (Fsp3) is 0.158. The Morgan fingerprint density at radius 2 is 1.00 bits per heavy atom. The van der Waals surface area contributed by atoms with Crippen LogP contribution in [0.3, 0.4) is 0 Å². The zero-order valence-electron chi connectivity index (χ0n) is 25.3. The summed E-state index contributed by atoms with van der Waals surface area (Å²) in [5.41, 5.74) is 10.7. The summed E-state index contributed by atoms with van der Waals surface area (Å²) < 4.78 is 0. The second-order valence-corrected chi connectivity index (χ2v) is 11.9. The van der Waals surface area contributed by atoms with E-state index >= 15 is 0 Å². The van der Waals surface area contributed by atoms with Gasteiger partial charge in [0.15, 0.2) is 0 Å². The molecule has 5 rings (SSSR count). The maximum absolute atomic E-state index is 10.8. The molecule has 5 N–H and O–H groups in total. The van der Waals surface area contributed by atoms with Crippen LogP contribution in [0.25, 0.3) is 5.57 Å². The lowest BCUT2D eigenvalue weighted by Crippen LogP contribution is -2.13. The Bertz CT molecular complexity index is 1670. The average Bonchev–Trinajstić information content (AvgIpc) is 2.99. The molecule has 5 aromatic rings. The van der Waals surface area contributed by atoms with E-state index in [1.165, 1.54) is 0 Å². The number of nitrogens with one attached hydrogen (secondary N) is 4. The van der Waals surface area contributed by atoms with Crippen molar-refractivity contribution in [2.75, 3.05) is 21.3 Å². The number of hydrogen-bond acceptors (Lipinski definition) is 5. The highest BCUT2D eigenvalue weighted by Gasteiger charge is 2.21. The molecule has 0 heterocycles. The lowest BCUT2D eigenvalue weighted by Gasteiger charge is -2.24. The molecule has 0 aliphatic heterocycles. The van der Waals surface area contributed by atoms with Crippen LogP contribution in [0.2, 0.25) is 0 Å². The first kappa shape index (κ1) is 29.3. The first-order chi connectivity index (χ1) is 20.6. The molecule has 0 saturated carbocycles. The van der Waals surface area contributed by atoms with Crippen molar-refractivity contribution in [3.8, 4) is 5.75 Å². The predicted molar refractivity (Wildman–Crippen MR) is 184 cm³/mol. The summed E-state index contributed by atoms with van der Waals surface area (Å²) in [5.74, 6) is 0.328. The SMILES string of the molecule is C=C(C)c1cc(CNc2ccc(Nc3ccc(Nc4ccc(Nc5ccccc5)cc4)cc3)cc2)cc(C(C)(C)C)c1O. The van der Waals surface area contributed by atoms with Gasteiger partial charge in [-0.05, 0) is 121 Å². The first-order valence-corrected chi connectivity index (χ1v) is 14.6. The molecular formula is C38H40N4O. The minimum atomic E-state index is -0.169. The number of phenols is 1. The molecule has 43 heavy (non-hydrogen) atoms. The Morgan fingerprint density at radius 3 is 1.40 bits per heavy atom. The average molecular weight is 569 g/mol. The highest BCUT2D eigenvalue weighted by atomic mass is 16.3. The molecule has 218 valence electrons. The van der Waals surface area contributed by atoms with Crippen molar-refractivity contribution < 1.29 is 5.11 Å². The van der Waals surface area contributed by atoms with Crippen molar-refractivity contribution in [2.45, 2.75) is 39.7 Å². The van der Waals surface area contributed by atoms with Crippen molar-refractivity contribution in [3.05, 3.63) is 139 Å². The molecule has 0 radical (unpaired) electrons. The fourth-order valence-electron chi connectivity index (χ4n) is 4.86. The Morgan fingerprint density at radius 1 is 0.605 bits per heavy atom. The maximum Gasteiger partial charge on any atom is 0.126 e. The molecule has 5 heteroatoms. The zero-order valence-corrected chi connectivity index (χ0v) is 25.3. The van der Waals surface area contributed by atoms with Gasteiger partial charge in [0.05, 0.1) is 0 Å². The largest absolute Gasteiger partial charge is 0.507 e. The summed E-state index contributed by atoms with van der Waals surface area (Å²) in [4.78, 5) is 0. The summed E-state index contributed by atoms with van der Waals surface area (Å²) in [7, 11) is 0. The minimum Gasteiger partial charge on any atom is -0.507 e. The van der Waals surface area contributed by atoms with E-state index in [2.05, 4.69) is 127 Å². The van der Waals surface area contributed by atoms with Gasteiger partial charge < -0.3 is 26.4 Å². The van der Waals surface area contributed by atoms with E-state index in [0.717, 1.165) is 62.1 Å². The van der Waals surface area contributed by atoms with E-state index in [9.17, 15) is 5.11 Å². The smallest absolute Gasteiger partial charge is 0.126 e. The summed E-state index contributed by atoms with van der Waals surface area (Å²) in [5, 5.41) is 24.7. The van der Waals surface area contributed by atoms with Gasteiger partial charge in [0, 0.05) is 57.5 Å². The van der Waals surface area contributed by atoms with Gasteiger partial charge in [0.2, 0.25) is 0 Å². The zero-order chi connectivity index (χ0) is 30.4. The van der Waals surface area contributed by atoms with Gasteiger partial charge in [-0.15, -0.1) is 0 Å². The quantitative estimate of drug-likeness (QED) is 0.116. The van der Waals surface area contributed by atoms with Gasteiger partial charge in [0.25, 0.3) is 0 Å². The van der Waals surface area contributed by atoms with Crippen LogP contribution in [0.1, 0.15) is 44.4 Å². The van der Waals surface area contributed by atoms with Gasteiger partial charge >= 0.3 is 0 Å². The third-order valence-corrected chi connectivity index (χ3v) is 7.23. The topological polar surface area (TPSA) is 68.3 Å². The monoisotopic (exact) mass is 568 g/mol. The summed E-state index contributed by atoms with van der Waals surface area (Å²) in [6, 6.07) is 39.1. The molecule has 0 aromatic heterocycles. The van der Waals surface area contributed by atoms with E-state index in [4.69, 9.17) is 0 Å². The van der Waals surface area contributed by atoms with Crippen molar-refractivity contribution in [1.29, 1.82) is 0 Å². The summed E-state index contributed by atoms with van der Waals surface area (Å²) >= 11 is 0. The molecule has 0 aliphatic rings. The standard InChI is InChI=1S/C38H40N4O/c1-26(2)35-23-27(24-36(37(35)43)38(3,4)5)25-39-28-11-13-30(14-12-28)41-32-19-21-34(22-20-32)42-33-17-15-31(16-18-33)40-29-9-7-6-8-10-29/h6-24,39-43H,1,25H2,2-5H3. The second kappa shape index (κ2) is 12.8. The number of aromatic hydroxyl groups is 1. The number of benzene rings is 5. The first-order valence-electron chi connectivity index (χ1n) is 14.6. The van der Waals surface area contributed by atoms with Crippen LogP contribution in [0.4, 0.5) is 39.8 Å². The second-order valence-electron chi connectivity index (χ2n) is 11.9. The predicted octanol–water partition coefficient (Wildman–Crippen LogP) is 10.6. The molecule has 0 aliphatic carbocycles. The molecule has 0 bridgehead atoms. The van der Waals surface area contributed by atoms with Crippen LogP contribution in [-0.4, -0.2) is 5.11 Å². The minimum absolute atomic E-state index is 0.169. The Kier molecular flexibility index (Phi) is 8.72. The van der Waals surface area contributed by atoms with Gasteiger partial charge in [-0.2, -0.15) is 0 Å². The Balaban J connectivity index is 1.15. The van der Waals surface area contributed by atoms with Crippen molar-refractivity contribution in [1.82, 2.24) is 0 Å². The normalized spacial score (nSPS) is 11.1. The van der Waals surface area contributed by atoms with Gasteiger partial charge in [-0.3, -0.25) is 0 Å². The molecule has 0 fully saturated rings. The molecule has 0 saturated heterocycles. The third-order valence-electron chi connectivity index (χ3n) is 7.23. The van der Waals surface area contributed by atoms with Crippen LogP contribution in [-0.2, 0) is 12.0 Å². The highest BCUT2D eigenvalue weighted by Crippen LogP contribution is 2.37. The van der Waals surface area contributed by atoms with E-state index in [0.29, 0.717) is 12.3 Å². The van der Waals surface area contributed by atoms with E-state index < -0.39 is 0 Å². The van der Waals surface area contributed by atoms with Crippen LogP contribution >= 0.6 is 0 Å². The van der Waals surface area contributed by atoms with Gasteiger partial charge in [-0.25, -0.2) is 0 Å². The third kappa shape index (κ3) is 7.77. The number of rotatable bonds is 10. The van der Waals surface area contributed by atoms with Crippen LogP contribution in [0.15, 0.2) is 122 Å². The lowest BCUT2D eigenvalue weighted by atomic mass is 9.83. The van der Waals surface area contributed by atoms with Gasteiger partial charge in [0.1, 0.15) is 5.75 Å². The van der Waals surface area contributed by atoms with Crippen molar-refractivity contribution >= 4 is 45.4 Å². The Labute approximate surface area is 255 Å².